The summed E-state index contributed by atoms with van der Waals surface area (Å²) < 4.78 is 7.71. The van der Waals surface area contributed by atoms with E-state index in [0.717, 1.165) is 36.5 Å². The number of likely N-dealkylation sites (N-methyl/N-ethyl adjacent to an activating group) is 1. The number of amides is 2. The fourth-order valence-corrected chi connectivity index (χ4v) is 5.22. The van der Waals surface area contributed by atoms with Gasteiger partial charge in [0.15, 0.2) is 5.65 Å². The number of hydrogen-bond donors (Lipinski definition) is 1. The number of carbonyl (C=O) groups excluding carboxylic acids is 2. The van der Waals surface area contributed by atoms with E-state index in [9.17, 15) is 9.59 Å². The van der Waals surface area contributed by atoms with E-state index in [1.807, 2.05) is 35.8 Å². The second-order valence-electron chi connectivity index (χ2n) is 11.5. The number of aromatic nitrogens is 3. The van der Waals surface area contributed by atoms with Gasteiger partial charge >= 0.3 is 6.09 Å². The molecule has 3 fully saturated rings. The van der Waals surface area contributed by atoms with E-state index in [-0.39, 0.29) is 24.1 Å². The second kappa shape index (κ2) is 11.3. The zero-order valence-corrected chi connectivity index (χ0v) is 23.1. The monoisotopic (exact) mass is 523 g/mol. The highest BCUT2D eigenvalue weighted by molar-refractivity contribution is 5.87. The molecule has 10 nitrogen and oxygen atoms in total. The Kier molecular flexibility index (Phi) is 7.88. The van der Waals surface area contributed by atoms with Gasteiger partial charge in [-0.15, -0.1) is 0 Å². The van der Waals surface area contributed by atoms with E-state index in [2.05, 4.69) is 30.3 Å². The first-order chi connectivity index (χ1) is 18.3. The summed E-state index contributed by atoms with van der Waals surface area (Å²) in [5.41, 5.74) is 3.27. The van der Waals surface area contributed by atoms with Crippen LogP contribution in [0.25, 0.3) is 5.65 Å². The third-order valence-electron chi connectivity index (χ3n) is 7.70. The van der Waals surface area contributed by atoms with Crippen molar-refractivity contribution in [3.63, 3.8) is 0 Å². The molecule has 0 bridgehead atoms. The van der Waals surface area contributed by atoms with Crippen molar-refractivity contribution < 1.29 is 14.3 Å². The van der Waals surface area contributed by atoms with Gasteiger partial charge in [0.2, 0.25) is 5.91 Å². The van der Waals surface area contributed by atoms with Crippen LogP contribution in [0.15, 0.2) is 24.4 Å². The van der Waals surface area contributed by atoms with Gasteiger partial charge < -0.3 is 24.8 Å². The van der Waals surface area contributed by atoms with Crippen LogP contribution in [-0.4, -0.2) is 100 Å². The van der Waals surface area contributed by atoms with Crippen LogP contribution in [0.2, 0.25) is 0 Å². The molecule has 10 heteroatoms. The molecule has 2 aromatic heterocycles. The zero-order chi connectivity index (χ0) is 26.8. The third kappa shape index (κ3) is 6.11. The highest BCUT2D eigenvalue weighted by atomic mass is 16.6. The summed E-state index contributed by atoms with van der Waals surface area (Å²) >= 11 is 0. The molecule has 1 saturated carbocycles. The molecular weight excluding hydrogens is 482 g/mol. The molecule has 1 aliphatic carbocycles. The van der Waals surface area contributed by atoms with Crippen molar-refractivity contribution in [3.05, 3.63) is 35.7 Å². The Bertz CT molecular complexity index is 1180. The smallest absolute Gasteiger partial charge is 0.410 e. The number of nitrogens with one attached hydrogen (secondary N) is 1. The fourth-order valence-electron chi connectivity index (χ4n) is 5.22. The Morgan fingerprint density at radius 1 is 1.13 bits per heavy atom. The lowest BCUT2D eigenvalue weighted by Gasteiger charge is -2.33. The Hall–Kier alpha value is -3.14. The van der Waals surface area contributed by atoms with Crippen LogP contribution >= 0.6 is 0 Å². The van der Waals surface area contributed by atoms with E-state index >= 15 is 0 Å². The summed E-state index contributed by atoms with van der Waals surface area (Å²) in [5, 5.41) is 8.34. The fraction of sp³-hybridized carbons (Fsp3) is 0.643. The predicted molar refractivity (Wildman–Crippen MR) is 146 cm³/mol. The lowest BCUT2D eigenvalue weighted by Crippen LogP contribution is -2.44. The lowest BCUT2D eigenvalue weighted by molar-refractivity contribution is -0.125. The molecule has 5 rings (SSSR count). The van der Waals surface area contributed by atoms with Gasteiger partial charge in [-0.3, -0.25) is 4.79 Å². The molecule has 2 aromatic rings. The molecule has 0 spiro atoms. The van der Waals surface area contributed by atoms with Gasteiger partial charge in [-0.25, -0.2) is 9.78 Å². The van der Waals surface area contributed by atoms with Crippen LogP contribution in [0, 0.1) is 0 Å². The molecule has 2 amide bonds. The molecule has 1 atom stereocenters. The summed E-state index contributed by atoms with van der Waals surface area (Å²) in [5.74, 6) is 1.88. The first-order valence-electron chi connectivity index (χ1n) is 14.0. The third-order valence-corrected chi connectivity index (χ3v) is 7.70. The van der Waals surface area contributed by atoms with E-state index in [1.54, 1.807) is 15.9 Å². The zero-order valence-electron chi connectivity index (χ0n) is 23.1. The number of fused-ring (bicyclic) bond motifs is 1. The maximum atomic E-state index is 12.8. The molecule has 38 heavy (non-hydrogen) atoms. The first kappa shape index (κ1) is 26.5. The molecule has 1 unspecified atom stereocenters. The lowest BCUT2D eigenvalue weighted by atomic mass is 10.1. The Labute approximate surface area is 225 Å². The number of ether oxygens (including phenoxy) is 1. The first-order valence-corrected chi connectivity index (χ1v) is 14.0. The molecule has 0 aromatic carbocycles. The minimum absolute atomic E-state index is 0.0231. The van der Waals surface area contributed by atoms with Gasteiger partial charge in [-0.1, -0.05) is 19.9 Å². The van der Waals surface area contributed by atoms with Gasteiger partial charge in [0.05, 0.1) is 12.7 Å². The van der Waals surface area contributed by atoms with Gasteiger partial charge in [-0.05, 0) is 45.7 Å². The number of carbonyl (C=O) groups is 2. The van der Waals surface area contributed by atoms with E-state index in [4.69, 9.17) is 9.72 Å². The normalized spacial score (nSPS) is 20.8. The second-order valence-corrected chi connectivity index (χ2v) is 11.5. The average Bonchev–Trinajstić information content (AvgIpc) is 3.47. The maximum absolute atomic E-state index is 12.8. The molecule has 4 heterocycles. The average molecular weight is 524 g/mol. The van der Waals surface area contributed by atoms with Crippen molar-refractivity contribution in [2.75, 3.05) is 52.1 Å². The van der Waals surface area contributed by atoms with Crippen LogP contribution in [0.4, 0.5) is 10.6 Å². The summed E-state index contributed by atoms with van der Waals surface area (Å²) in [6.07, 6.45) is 9.64. The van der Waals surface area contributed by atoms with Crippen LogP contribution in [0.5, 0.6) is 0 Å². The standard InChI is InChI=1S/C28H41N7O3/c1-19(2)23-17-29-35-25(16-24(20-7-8-20)31-27(23)35)30-21-9-13-33(14-10-21)28(37)38-22-11-15-34(18-22)26(36)6-5-12-32(3)4/h5-6,16-17,19-22,30H,7-15,18H2,1-4H3/b6-5+. The summed E-state index contributed by atoms with van der Waals surface area (Å²) in [7, 11) is 3.92. The van der Waals surface area contributed by atoms with Crippen molar-refractivity contribution >= 4 is 23.5 Å². The number of piperidine rings is 1. The van der Waals surface area contributed by atoms with Gasteiger partial charge in [0.25, 0.3) is 0 Å². The summed E-state index contributed by atoms with van der Waals surface area (Å²) in [6.45, 7) is 7.42. The molecule has 206 valence electrons. The highest BCUT2D eigenvalue weighted by Crippen LogP contribution is 2.40. The highest BCUT2D eigenvalue weighted by Gasteiger charge is 2.32. The van der Waals surface area contributed by atoms with Gasteiger partial charge in [-0.2, -0.15) is 9.61 Å². The van der Waals surface area contributed by atoms with Gasteiger partial charge in [0.1, 0.15) is 11.9 Å². The van der Waals surface area contributed by atoms with Gasteiger partial charge in [0, 0.05) is 68.0 Å². The van der Waals surface area contributed by atoms with Crippen LogP contribution in [-0.2, 0) is 9.53 Å². The molecule has 1 N–H and O–H groups in total. The van der Waals surface area contributed by atoms with Crippen molar-refractivity contribution in [1.29, 1.82) is 0 Å². The largest absolute Gasteiger partial charge is 0.444 e. The van der Waals surface area contributed by atoms with Crippen LogP contribution < -0.4 is 5.32 Å². The molecule has 3 aliphatic rings. The Morgan fingerprint density at radius 3 is 2.55 bits per heavy atom. The van der Waals surface area contributed by atoms with Crippen molar-refractivity contribution in [1.82, 2.24) is 29.3 Å². The molecule has 2 aliphatic heterocycles. The van der Waals surface area contributed by atoms with Crippen LogP contribution in [0.3, 0.4) is 0 Å². The number of hydrogen-bond acceptors (Lipinski definition) is 7. The van der Waals surface area contributed by atoms with Crippen molar-refractivity contribution in [3.8, 4) is 0 Å². The molecular formula is C28H41N7O3. The number of rotatable bonds is 8. The van der Waals surface area contributed by atoms with Crippen molar-refractivity contribution in [2.45, 2.75) is 69.9 Å². The Balaban J connectivity index is 1.13. The van der Waals surface area contributed by atoms with Crippen LogP contribution in [0.1, 0.15) is 69.0 Å². The van der Waals surface area contributed by atoms with E-state index in [0.29, 0.717) is 44.4 Å². The molecule has 0 radical (unpaired) electrons. The predicted octanol–water partition coefficient (Wildman–Crippen LogP) is 3.46. The quantitative estimate of drug-likeness (QED) is 0.530. The minimum atomic E-state index is -0.276. The van der Waals surface area contributed by atoms with E-state index in [1.165, 1.54) is 18.4 Å². The topological polar surface area (TPSA) is 95.3 Å². The number of nitrogens with zero attached hydrogens (tertiary/aromatic N) is 6. The minimum Gasteiger partial charge on any atom is -0.444 e. The SMILES string of the molecule is CC(C)c1cnn2c(NC3CCN(C(=O)OC4CCN(C(=O)/C=C/CN(C)C)C4)CC3)cc(C3CC3)nc12. The van der Waals surface area contributed by atoms with E-state index < -0.39 is 0 Å². The molecule has 2 saturated heterocycles. The Morgan fingerprint density at radius 2 is 1.87 bits per heavy atom. The van der Waals surface area contributed by atoms with Crippen molar-refractivity contribution in [2.24, 2.45) is 0 Å². The summed E-state index contributed by atoms with van der Waals surface area (Å²) in [6, 6.07) is 2.41. The number of anilines is 1. The number of likely N-dealkylation sites (tertiary alicyclic amines) is 2. The maximum Gasteiger partial charge on any atom is 0.410 e. The summed E-state index contributed by atoms with van der Waals surface area (Å²) in [4.78, 5) is 35.7.